The first kappa shape index (κ1) is 15.4. The van der Waals surface area contributed by atoms with Crippen LogP contribution >= 0.6 is 0 Å². The minimum absolute atomic E-state index is 0.0904. The van der Waals surface area contributed by atoms with Crippen molar-refractivity contribution in [3.63, 3.8) is 0 Å². The molecule has 0 atom stereocenters. The van der Waals surface area contributed by atoms with Crippen molar-refractivity contribution in [1.82, 2.24) is 15.3 Å². The highest BCUT2D eigenvalue weighted by atomic mass is 16.5. The normalized spacial score (nSPS) is 19.0. The van der Waals surface area contributed by atoms with Gasteiger partial charge in [0.05, 0.1) is 0 Å². The van der Waals surface area contributed by atoms with Gasteiger partial charge in [0.15, 0.2) is 5.82 Å². The number of nitrogens with one attached hydrogen (secondary N) is 1. The first-order valence-electron chi connectivity index (χ1n) is 7.14. The molecule has 0 spiro atoms. The second-order valence-corrected chi connectivity index (χ2v) is 6.33. The Balaban J connectivity index is 2.07. The number of rotatable bonds is 4. The first-order chi connectivity index (χ1) is 9.45. The molecule has 0 amide bonds. The quantitative estimate of drug-likeness (QED) is 0.913. The predicted molar refractivity (Wildman–Crippen MR) is 77.4 cm³/mol. The zero-order valence-electron chi connectivity index (χ0n) is 12.9. The monoisotopic (exact) mass is 279 g/mol. The third kappa shape index (κ3) is 3.75. The lowest BCUT2D eigenvalue weighted by molar-refractivity contribution is -0.1000. The van der Waals surface area contributed by atoms with Crippen molar-refractivity contribution in [2.45, 2.75) is 51.3 Å². The van der Waals surface area contributed by atoms with Gasteiger partial charge in [-0.3, -0.25) is 0 Å². The van der Waals surface area contributed by atoms with E-state index in [0.29, 0.717) is 13.2 Å². The van der Waals surface area contributed by atoms with Crippen LogP contribution in [0.15, 0.2) is 12.4 Å². The van der Waals surface area contributed by atoms with Gasteiger partial charge in [-0.2, -0.15) is 0 Å². The van der Waals surface area contributed by atoms with Crippen LogP contribution in [0.1, 0.15) is 45.0 Å². The summed E-state index contributed by atoms with van der Waals surface area (Å²) in [6.07, 6.45) is 5.39. The summed E-state index contributed by atoms with van der Waals surface area (Å²) in [6.45, 7) is 8.60. The maximum Gasteiger partial charge on any atom is 0.160 e. The molecule has 0 aromatic carbocycles. The van der Waals surface area contributed by atoms with E-state index in [4.69, 9.17) is 9.47 Å². The van der Waals surface area contributed by atoms with Gasteiger partial charge in [-0.1, -0.05) is 0 Å². The van der Waals surface area contributed by atoms with E-state index in [1.54, 1.807) is 7.11 Å². The number of nitrogens with zero attached hydrogens (tertiary/aromatic N) is 2. The summed E-state index contributed by atoms with van der Waals surface area (Å²) in [5.74, 6) is 0.766. The fraction of sp³-hybridized carbons (Fsp3) is 0.733. The molecular formula is C15H25N3O2. The molecular weight excluding hydrogens is 254 g/mol. The van der Waals surface area contributed by atoms with Crippen molar-refractivity contribution >= 4 is 0 Å². The van der Waals surface area contributed by atoms with Crippen LogP contribution in [0.5, 0.6) is 0 Å². The van der Waals surface area contributed by atoms with Gasteiger partial charge in [0.1, 0.15) is 5.60 Å². The first-order valence-corrected chi connectivity index (χ1v) is 7.14. The number of hydrogen-bond donors (Lipinski definition) is 1. The average Bonchev–Trinajstić information content (AvgIpc) is 2.46. The van der Waals surface area contributed by atoms with E-state index in [2.05, 4.69) is 36.1 Å². The lowest BCUT2D eigenvalue weighted by Gasteiger charge is -2.34. The standard InChI is InChI=1S/C15H25N3O2/c1-14(2,3)18-11-12-9-16-13(17-10-12)15(19-4)5-7-20-8-6-15/h9-10,18H,5-8,11H2,1-4H3. The Hall–Kier alpha value is -1.04. The summed E-state index contributed by atoms with van der Waals surface area (Å²) >= 11 is 0. The molecule has 0 bridgehead atoms. The fourth-order valence-electron chi connectivity index (χ4n) is 2.27. The fourth-order valence-corrected chi connectivity index (χ4v) is 2.27. The third-order valence-electron chi connectivity index (χ3n) is 3.63. The molecule has 1 aliphatic heterocycles. The molecule has 0 aliphatic carbocycles. The van der Waals surface area contributed by atoms with Gasteiger partial charge in [0.25, 0.3) is 0 Å². The highest BCUT2D eigenvalue weighted by Crippen LogP contribution is 2.32. The van der Waals surface area contributed by atoms with E-state index in [1.165, 1.54) is 0 Å². The Bertz CT molecular complexity index is 420. The van der Waals surface area contributed by atoms with Crippen molar-refractivity contribution in [3.05, 3.63) is 23.8 Å². The van der Waals surface area contributed by atoms with Crippen LogP contribution in [0.2, 0.25) is 0 Å². The molecule has 0 unspecified atom stereocenters. The van der Waals surface area contributed by atoms with Gasteiger partial charge in [-0.25, -0.2) is 9.97 Å². The Kier molecular flexibility index (Phi) is 4.73. The number of ether oxygens (including phenoxy) is 2. The maximum absolute atomic E-state index is 5.70. The zero-order valence-corrected chi connectivity index (χ0v) is 12.9. The average molecular weight is 279 g/mol. The molecule has 1 aromatic heterocycles. The Morgan fingerprint density at radius 3 is 2.35 bits per heavy atom. The van der Waals surface area contributed by atoms with Crippen LogP contribution in [0, 0.1) is 0 Å². The molecule has 0 saturated carbocycles. The molecule has 1 aliphatic rings. The summed E-state index contributed by atoms with van der Waals surface area (Å²) in [4.78, 5) is 9.03. The van der Waals surface area contributed by atoms with Crippen molar-refractivity contribution in [2.24, 2.45) is 0 Å². The zero-order chi connectivity index (χ0) is 14.6. The van der Waals surface area contributed by atoms with Crippen LogP contribution in [0.4, 0.5) is 0 Å². The Morgan fingerprint density at radius 2 is 1.85 bits per heavy atom. The maximum atomic E-state index is 5.70. The van der Waals surface area contributed by atoms with Crippen molar-refractivity contribution in [3.8, 4) is 0 Å². The summed E-state index contributed by atoms with van der Waals surface area (Å²) in [7, 11) is 1.73. The Labute approximate surface area is 121 Å². The predicted octanol–water partition coefficient (Wildman–Crippen LogP) is 2.02. The highest BCUT2D eigenvalue weighted by Gasteiger charge is 2.37. The second kappa shape index (κ2) is 6.16. The van der Waals surface area contributed by atoms with E-state index in [0.717, 1.165) is 30.8 Å². The molecule has 1 aromatic rings. The van der Waals surface area contributed by atoms with Gasteiger partial charge in [0, 0.05) is 63.2 Å². The Morgan fingerprint density at radius 1 is 1.25 bits per heavy atom. The summed E-state index contributed by atoms with van der Waals surface area (Å²) in [5.41, 5.74) is 0.795. The number of aromatic nitrogens is 2. The van der Waals surface area contributed by atoms with E-state index in [-0.39, 0.29) is 11.1 Å². The minimum Gasteiger partial charge on any atom is -0.381 e. The van der Waals surface area contributed by atoms with Gasteiger partial charge < -0.3 is 14.8 Å². The van der Waals surface area contributed by atoms with Gasteiger partial charge in [-0.15, -0.1) is 0 Å². The van der Waals surface area contributed by atoms with Crippen molar-refractivity contribution < 1.29 is 9.47 Å². The summed E-state index contributed by atoms with van der Waals surface area (Å²) in [5, 5.41) is 3.43. The van der Waals surface area contributed by atoms with E-state index in [1.807, 2.05) is 12.4 Å². The lowest BCUT2D eigenvalue weighted by Crippen LogP contribution is -2.37. The van der Waals surface area contributed by atoms with E-state index in [9.17, 15) is 0 Å². The van der Waals surface area contributed by atoms with Crippen LogP contribution in [-0.4, -0.2) is 35.8 Å². The van der Waals surface area contributed by atoms with Crippen molar-refractivity contribution in [2.75, 3.05) is 20.3 Å². The molecule has 2 heterocycles. The van der Waals surface area contributed by atoms with Crippen LogP contribution < -0.4 is 5.32 Å². The number of methoxy groups -OCH3 is 1. The highest BCUT2D eigenvalue weighted by molar-refractivity contribution is 5.10. The molecule has 0 radical (unpaired) electrons. The largest absolute Gasteiger partial charge is 0.381 e. The second-order valence-electron chi connectivity index (χ2n) is 6.33. The van der Waals surface area contributed by atoms with E-state index < -0.39 is 0 Å². The molecule has 2 rings (SSSR count). The molecule has 112 valence electrons. The molecule has 1 saturated heterocycles. The molecule has 20 heavy (non-hydrogen) atoms. The molecule has 5 heteroatoms. The topological polar surface area (TPSA) is 56.3 Å². The minimum atomic E-state index is -0.381. The van der Waals surface area contributed by atoms with Gasteiger partial charge >= 0.3 is 0 Å². The SMILES string of the molecule is COC1(c2ncc(CNC(C)(C)C)cn2)CCOCC1. The summed E-state index contributed by atoms with van der Waals surface area (Å²) < 4.78 is 11.1. The van der Waals surface area contributed by atoms with Crippen LogP contribution in [0.25, 0.3) is 0 Å². The smallest absolute Gasteiger partial charge is 0.160 e. The van der Waals surface area contributed by atoms with Gasteiger partial charge in [-0.05, 0) is 20.8 Å². The summed E-state index contributed by atoms with van der Waals surface area (Å²) in [6, 6.07) is 0. The molecule has 5 nitrogen and oxygen atoms in total. The molecule has 1 N–H and O–H groups in total. The van der Waals surface area contributed by atoms with E-state index >= 15 is 0 Å². The number of hydrogen-bond acceptors (Lipinski definition) is 5. The molecule has 1 fully saturated rings. The third-order valence-corrected chi connectivity index (χ3v) is 3.63. The van der Waals surface area contributed by atoms with Gasteiger partial charge in [0.2, 0.25) is 0 Å². The van der Waals surface area contributed by atoms with Crippen molar-refractivity contribution in [1.29, 1.82) is 0 Å². The van der Waals surface area contributed by atoms with Crippen LogP contribution in [0.3, 0.4) is 0 Å². The lowest BCUT2D eigenvalue weighted by atomic mass is 9.93. The van der Waals surface area contributed by atoms with Crippen LogP contribution in [-0.2, 0) is 21.6 Å².